The van der Waals surface area contributed by atoms with Crippen LogP contribution in [-0.4, -0.2) is 60.7 Å². The first-order chi connectivity index (χ1) is 5.86. The van der Waals surface area contributed by atoms with Gasteiger partial charge >= 0.3 is 0 Å². The van der Waals surface area contributed by atoms with Crippen LogP contribution in [0.1, 0.15) is 6.42 Å². The predicted octanol–water partition coefficient (Wildman–Crippen LogP) is -0.938. The van der Waals surface area contributed by atoms with Gasteiger partial charge in [-0.05, 0) is 6.42 Å². The van der Waals surface area contributed by atoms with Gasteiger partial charge in [-0.15, -0.1) is 0 Å². The van der Waals surface area contributed by atoms with E-state index in [1.807, 2.05) is 0 Å². The zero-order valence-corrected chi connectivity index (χ0v) is 7.28. The van der Waals surface area contributed by atoms with E-state index in [4.69, 9.17) is 14.9 Å². The molecule has 2 N–H and O–H groups in total. The fraction of sp³-hybridized carbons (Fsp3) is 1.00. The highest BCUT2D eigenvalue weighted by molar-refractivity contribution is 4.70. The van der Waals surface area contributed by atoms with Crippen molar-refractivity contribution in [1.29, 1.82) is 0 Å². The molecule has 4 nitrogen and oxygen atoms in total. The lowest BCUT2D eigenvalue weighted by Crippen LogP contribution is -2.44. The molecular formula is C8H17NO3. The Labute approximate surface area is 72.7 Å². The summed E-state index contributed by atoms with van der Waals surface area (Å²) in [4.78, 5) is 2.21. The summed E-state index contributed by atoms with van der Waals surface area (Å²) in [6, 6.07) is 0. The van der Waals surface area contributed by atoms with E-state index in [0.29, 0.717) is 6.61 Å². The maximum Gasteiger partial charge on any atom is 0.0932 e. The number of morpholine rings is 1. The molecule has 0 aliphatic carbocycles. The summed E-state index contributed by atoms with van der Waals surface area (Å²) in [5, 5.41) is 17.4. The molecule has 12 heavy (non-hydrogen) atoms. The van der Waals surface area contributed by atoms with E-state index in [0.717, 1.165) is 26.1 Å². The highest BCUT2D eigenvalue weighted by Gasteiger charge is 2.18. The third-order valence-electron chi connectivity index (χ3n) is 2.06. The van der Waals surface area contributed by atoms with Gasteiger partial charge in [0, 0.05) is 26.2 Å². The molecule has 0 spiro atoms. The molecule has 1 heterocycles. The summed E-state index contributed by atoms with van der Waals surface area (Å²) in [7, 11) is 0. The van der Waals surface area contributed by atoms with Gasteiger partial charge in [-0.2, -0.15) is 0 Å². The molecule has 1 aliphatic rings. The molecular weight excluding hydrogens is 158 g/mol. The van der Waals surface area contributed by atoms with Crippen molar-refractivity contribution in [2.45, 2.75) is 12.5 Å². The van der Waals surface area contributed by atoms with Crippen LogP contribution < -0.4 is 0 Å². The lowest BCUT2D eigenvalue weighted by molar-refractivity contribution is -0.0535. The number of ether oxygens (including phenoxy) is 1. The Kier molecular flexibility index (Phi) is 4.53. The second kappa shape index (κ2) is 5.48. The molecule has 1 saturated heterocycles. The standard InChI is InChI=1S/C8H17NO3/c10-4-1-2-9-3-5-12-8(6-9)7-11/h8,10-11H,1-7H2/t8-/m0/s1. The Morgan fingerprint density at radius 2 is 2.25 bits per heavy atom. The fourth-order valence-corrected chi connectivity index (χ4v) is 1.39. The number of rotatable bonds is 4. The van der Waals surface area contributed by atoms with Crippen molar-refractivity contribution in [3.8, 4) is 0 Å². The zero-order chi connectivity index (χ0) is 8.81. The number of hydrogen-bond donors (Lipinski definition) is 2. The highest BCUT2D eigenvalue weighted by Crippen LogP contribution is 2.04. The quantitative estimate of drug-likeness (QED) is 0.579. The van der Waals surface area contributed by atoms with Crippen LogP contribution in [0.3, 0.4) is 0 Å². The molecule has 72 valence electrons. The second-order valence-corrected chi connectivity index (χ2v) is 3.05. The molecule has 0 radical (unpaired) electrons. The summed E-state index contributed by atoms with van der Waals surface area (Å²) in [6.07, 6.45) is 0.774. The molecule has 0 aromatic heterocycles. The predicted molar refractivity (Wildman–Crippen MR) is 45.0 cm³/mol. The van der Waals surface area contributed by atoms with Crippen molar-refractivity contribution in [3.63, 3.8) is 0 Å². The average molecular weight is 175 g/mol. The van der Waals surface area contributed by atoms with Crippen LogP contribution in [-0.2, 0) is 4.74 Å². The topological polar surface area (TPSA) is 52.9 Å². The van der Waals surface area contributed by atoms with Crippen LogP contribution >= 0.6 is 0 Å². The van der Waals surface area contributed by atoms with E-state index in [9.17, 15) is 0 Å². The second-order valence-electron chi connectivity index (χ2n) is 3.05. The van der Waals surface area contributed by atoms with Crippen molar-refractivity contribution >= 4 is 0 Å². The van der Waals surface area contributed by atoms with Gasteiger partial charge in [0.2, 0.25) is 0 Å². The number of aliphatic hydroxyl groups excluding tert-OH is 2. The van der Waals surface area contributed by atoms with E-state index >= 15 is 0 Å². The van der Waals surface area contributed by atoms with Crippen LogP contribution in [0.4, 0.5) is 0 Å². The lowest BCUT2D eigenvalue weighted by atomic mass is 10.2. The third-order valence-corrected chi connectivity index (χ3v) is 2.06. The maximum atomic E-state index is 8.83. The first-order valence-corrected chi connectivity index (χ1v) is 4.42. The molecule has 0 unspecified atom stereocenters. The zero-order valence-electron chi connectivity index (χ0n) is 7.28. The van der Waals surface area contributed by atoms with E-state index in [2.05, 4.69) is 4.90 Å². The number of hydrogen-bond acceptors (Lipinski definition) is 4. The third kappa shape index (κ3) is 3.06. The van der Waals surface area contributed by atoms with Gasteiger partial charge in [-0.25, -0.2) is 0 Å². The van der Waals surface area contributed by atoms with Gasteiger partial charge in [0.1, 0.15) is 0 Å². The molecule has 0 aromatic rings. The van der Waals surface area contributed by atoms with Crippen LogP contribution in [0.25, 0.3) is 0 Å². The maximum absolute atomic E-state index is 8.83. The van der Waals surface area contributed by atoms with Crippen molar-refractivity contribution in [2.75, 3.05) is 39.5 Å². The van der Waals surface area contributed by atoms with E-state index in [1.165, 1.54) is 0 Å². The summed E-state index contributed by atoms with van der Waals surface area (Å²) < 4.78 is 5.28. The first-order valence-electron chi connectivity index (χ1n) is 4.42. The van der Waals surface area contributed by atoms with Crippen LogP contribution in [0, 0.1) is 0 Å². The molecule has 0 bridgehead atoms. The van der Waals surface area contributed by atoms with E-state index in [-0.39, 0.29) is 19.3 Å². The number of nitrogens with zero attached hydrogens (tertiary/aromatic N) is 1. The summed E-state index contributed by atoms with van der Waals surface area (Å²) in [5.74, 6) is 0. The smallest absolute Gasteiger partial charge is 0.0932 e. The monoisotopic (exact) mass is 175 g/mol. The number of aliphatic hydroxyl groups is 2. The van der Waals surface area contributed by atoms with Gasteiger partial charge < -0.3 is 14.9 Å². The Hall–Kier alpha value is -0.160. The van der Waals surface area contributed by atoms with Gasteiger partial charge in [0.15, 0.2) is 0 Å². The SMILES string of the molecule is OCCCN1CCO[C@H](CO)C1. The summed E-state index contributed by atoms with van der Waals surface area (Å²) in [6.45, 7) is 3.62. The van der Waals surface area contributed by atoms with Crippen molar-refractivity contribution in [2.24, 2.45) is 0 Å². The van der Waals surface area contributed by atoms with Crippen molar-refractivity contribution in [3.05, 3.63) is 0 Å². The van der Waals surface area contributed by atoms with Gasteiger partial charge in [0.05, 0.1) is 19.3 Å². The van der Waals surface area contributed by atoms with Gasteiger partial charge in [0.25, 0.3) is 0 Å². The molecule has 0 aromatic carbocycles. The minimum atomic E-state index is -0.0301. The highest BCUT2D eigenvalue weighted by atomic mass is 16.5. The van der Waals surface area contributed by atoms with Gasteiger partial charge in [-0.3, -0.25) is 4.90 Å². The normalized spacial score (nSPS) is 26.0. The summed E-state index contributed by atoms with van der Waals surface area (Å²) in [5.41, 5.74) is 0. The van der Waals surface area contributed by atoms with Crippen molar-refractivity contribution < 1.29 is 14.9 Å². The molecule has 0 saturated carbocycles. The van der Waals surface area contributed by atoms with Crippen LogP contribution in [0.5, 0.6) is 0 Å². The molecule has 1 atom stereocenters. The molecule has 1 rings (SSSR count). The summed E-state index contributed by atoms with van der Waals surface area (Å²) >= 11 is 0. The average Bonchev–Trinajstić information content (AvgIpc) is 2.15. The molecule has 4 heteroatoms. The van der Waals surface area contributed by atoms with E-state index in [1.54, 1.807) is 0 Å². The van der Waals surface area contributed by atoms with Crippen LogP contribution in [0.2, 0.25) is 0 Å². The largest absolute Gasteiger partial charge is 0.396 e. The Bertz CT molecular complexity index is 121. The molecule has 0 amide bonds. The van der Waals surface area contributed by atoms with Gasteiger partial charge in [-0.1, -0.05) is 0 Å². The van der Waals surface area contributed by atoms with Crippen molar-refractivity contribution in [1.82, 2.24) is 4.90 Å². The molecule has 1 aliphatic heterocycles. The fourth-order valence-electron chi connectivity index (χ4n) is 1.39. The minimum absolute atomic E-state index is 0.0301. The Morgan fingerprint density at radius 3 is 2.92 bits per heavy atom. The molecule has 1 fully saturated rings. The Morgan fingerprint density at radius 1 is 1.42 bits per heavy atom. The first kappa shape index (κ1) is 9.92. The van der Waals surface area contributed by atoms with E-state index < -0.39 is 0 Å². The Balaban J connectivity index is 2.16. The lowest BCUT2D eigenvalue weighted by Gasteiger charge is -2.31. The van der Waals surface area contributed by atoms with Crippen LogP contribution in [0.15, 0.2) is 0 Å². The minimum Gasteiger partial charge on any atom is -0.396 e.